The van der Waals surface area contributed by atoms with E-state index in [0.717, 1.165) is 30.0 Å². The maximum Gasteiger partial charge on any atom is 0.271 e. The summed E-state index contributed by atoms with van der Waals surface area (Å²) in [6, 6.07) is 14.3. The van der Waals surface area contributed by atoms with Crippen molar-refractivity contribution in [2.24, 2.45) is 0 Å². The molecule has 0 radical (unpaired) electrons. The topological polar surface area (TPSA) is 70.7 Å². The summed E-state index contributed by atoms with van der Waals surface area (Å²) in [5.41, 5.74) is 2.92. The van der Waals surface area contributed by atoms with Gasteiger partial charge in [-0.05, 0) is 35.9 Å². The van der Waals surface area contributed by atoms with E-state index in [4.69, 9.17) is 9.47 Å². The van der Waals surface area contributed by atoms with Crippen LogP contribution in [-0.4, -0.2) is 66.3 Å². The zero-order valence-electron chi connectivity index (χ0n) is 17.6. The average Bonchev–Trinajstić information content (AvgIpc) is 3.30. The molecule has 1 aromatic heterocycles. The SMILES string of the molecule is COc1cccc(-c2cc(C(=O)N3CCN(Cc4ccc(OC)c(F)c4)CC3)[nH]n2)c1. The quantitative estimate of drug-likeness (QED) is 0.658. The van der Waals surface area contributed by atoms with E-state index in [1.165, 1.54) is 13.2 Å². The van der Waals surface area contributed by atoms with E-state index in [1.807, 2.05) is 35.2 Å². The summed E-state index contributed by atoms with van der Waals surface area (Å²) in [6.45, 7) is 3.27. The van der Waals surface area contributed by atoms with Gasteiger partial charge < -0.3 is 14.4 Å². The van der Waals surface area contributed by atoms with Gasteiger partial charge in [-0.1, -0.05) is 18.2 Å². The second-order valence-electron chi connectivity index (χ2n) is 7.44. The molecule has 1 N–H and O–H groups in total. The number of piperazine rings is 1. The summed E-state index contributed by atoms with van der Waals surface area (Å²) in [7, 11) is 3.07. The third kappa shape index (κ3) is 4.69. The number of H-pyrrole nitrogens is 1. The first-order valence-electron chi connectivity index (χ1n) is 10.1. The highest BCUT2D eigenvalue weighted by atomic mass is 19.1. The molecule has 0 aliphatic carbocycles. The first kappa shape index (κ1) is 20.9. The van der Waals surface area contributed by atoms with Crippen LogP contribution in [0.1, 0.15) is 16.1 Å². The number of carbonyl (C=O) groups is 1. The van der Waals surface area contributed by atoms with Crippen LogP contribution in [0.4, 0.5) is 4.39 Å². The number of halogens is 1. The highest BCUT2D eigenvalue weighted by molar-refractivity contribution is 5.93. The van der Waals surface area contributed by atoms with E-state index in [0.29, 0.717) is 31.0 Å². The Morgan fingerprint density at radius 1 is 1.06 bits per heavy atom. The molecule has 1 fully saturated rings. The van der Waals surface area contributed by atoms with Crippen molar-refractivity contribution in [3.8, 4) is 22.8 Å². The van der Waals surface area contributed by atoms with Gasteiger partial charge in [0.2, 0.25) is 0 Å². The monoisotopic (exact) mass is 424 g/mol. The van der Waals surface area contributed by atoms with Gasteiger partial charge in [0.15, 0.2) is 11.6 Å². The molecule has 0 bridgehead atoms. The third-order valence-electron chi connectivity index (χ3n) is 5.46. The van der Waals surface area contributed by atoms with Gasteiger partial charge in [-0.2, -0.15) is 5.10 Å². The number of nitrogens with one attached hydrogen (secondary N) is 1. The van der Waals surface area contributed by atoms with Gasteiger partial charge in [-0.25, -0.2) is 4.39 Å². The van der Waals surface area contributed by atoms with Gasteiger partial charge in [0.1, 0.15) is 11.4 Å². The van der Waals surface area contributed by atoms with Crippen LogP contribution in [0.25, 0.3) is 11.3 Å². The molecule has 7 nitrogen and oxygen atoms in total. The molecule has 1 saturated heterocycles. The normalized spacial score (nSPS) is 14.5. The fraction of sp³-hybridized carbons (Fsp3) is 0.304. The minimum Gasteiger partial charge on any atom is -0.497 e. The van der Waals surface area contributed by atoms with Gasteiger partial charge in [0, 0.05) is 38.3 Å². The lowest BCUT2D eigenvalue weighted by molar-refractivity contribution is 0.0622. The van der Waals surface area contributed by atoms with E-state index in [9.17, 15) is 9.18 Å². The van der Waals surface area contributed by atoms with Gasteiger partial charge in [0.05, 0.1) is 19.9 Å². The Morgan fingerprint density at radius 2 is 1.87 bits per heavy atom. The number of rotatable bonds is 6. The zero-order chi connectivity index (χ0) is 21.8. The fourth-order valence-electron chi connectivity index (χ4n) is 3.71. The number of ether oxygens (including phenoxy) is 2. The van der Waals surface area contributed by atoms with Crippen molar-refractivity contribution in [3.63, 3.8) is 0 Å². The molecule has 31 heavy (non-hydrogen) atoms. The van der Waals surface area contributed by atoms with Crippen LogP contribution in [-0.2, 0) is 6.54 Å². The minimum atomic E-state index is -0.361. The number of methoxy groups -OCH3 is 2. The van der Waals surface area contributed by atoms with Crippen LogP contribution in [0.2, 0.25) is 0 Å². The Labute approximate surface area is 180 Å². The lowest BCUT2D eigenvalue weighted by Crippen LogP contribution is -2.48. The van der Waals surface area contributed by atoms with Crippen LogP contribution in [0.3, 0.4) is 0 Å². The summed E-state index contributed by atoms with van der Waals surface area (Å²) in [6.07, 6.45) is 0. The predicted molar refractivity (Wildman–Crippen MR) is 115 cm³/mol. The van der Waals surface area contributed by atoms with Crippen molar-refractivity contribution >= 4 is 5.91 Å². The molecule has 2 aromatic carbocycles. The molecule has 3 aromatic rings. The Kier molecular flexibility index (Phi) is 6.18. The zero-order valence-corrected chi connectivity index (χ0v) is 17.6. The fourth-order valence-corrected chi connectivity index (χ4v) is 3.71. The number of benzene rings is 2. The summed E-state index contributed by atoms with van der Waals surface area (Å²) < 4.78 is 24.1. The summed E-state index contributed by atoms with van der Waals surface area (Å²) in [5, 5.41) is 7.14. The Morgan fingerprint density at radius 3 is 2.58 bits per heavy atom. The molecule has 1 aliphatic rings. The lowest BCUT2D eigenvalue weighted by atomic mass is 10.1. The number of aromatic nitrogens is 2. The second kappa shape index (κ2) is 9.18. The Balaban J connectivity index is 1.35. The van der Waals surface area contributed by atoms with E-state index in [-0.39, 0.29) is 17.5 Å². The first-order chi connectivity index (χ1) is 15.1. The molecule has 1 amide bonds. The Hall–Kier alpha value is -3.39. The smallest absolute Gasteiger partial charge is 0.271 e. The molecule has 0 atom stereocenters. The number of hydrogen-bond acceptors (Lipinski definition) is 5. The number of hydrogen-bond donors (Lipinski definition) is 1. The summed E-state index contributed by atoms with van der Waals surface area (Å²) in [5.74, 6) is 0.546. The van der Waals surface area contributed by atoms with Gasteiger partial charge in [-0.3, -0.25) is 14.8 Å². The van der Waals surface area contributed by atoms with E-state index in [2.05, 4.69) is 15.1 Å². The van der Waals surface area contributed by atoms with Crippen molar-refractivity contribution in [2.75, 3.05) is 40.4 Å². The van der Waals surface area contributed by atoms with Crippen molar-refractivity contribution in [3.05, 3.63) is 65.6 Å². The van der Waals surface area contributed by atoms with Gasteiger partial charge >= 0.3 is 0 Å². The predicted octanol–water partition coefficient (Wildman–Crippen LogP) is 3.19. The molecule has 4 rings (SSSR count). The number of amides is 1. The molecule has 0 unspecified atom stereocenters. The van der Waals surface area contributed by atoms with Crippen LogP contribution < -0.4 is 9.47 Å². The largest absolute Gasteiger partial charge is 0.497 e. The van der Waals surface area contributed by atoms with E-state index in [1.54, 1.807) is 19.2 Å². The molecule has 162 valence electrons. The number of aromatic amines is 1. The van der Waals surface area contributed by atoms with E-state index >= 15 is 0 Å². The van der Waals surface area contributed by atoms with Crippen molar-refractivity contribution in [1.82, 2.24) is 20.0 Å². The number of nitrogens with zero attached hydrogens (tertiary/aromatic N) is 3. The highest BCUT2D eigenvalue weighted by Gasteiger charge is 2.24. The maximum absolute atomic E-state index is 13.9. The summed E-state index contributed by atoms with van der Waals surface area (Å²) in [4.78, 5) is 16.9. The number of carbonyl (C=O) groups excluding carboxylic acids is 1. The standard InChI is InChI=1S/C23H25FN4O3/c1-30-18-5-3-4-17(13-18)20-14-21(26-25-20)23(29)28-10-8-27(9-11-28)15-16-6-7-22(31-2)19(24)12-16/h3-7,12-14H,8-11,15H2,1-2H3,(H,25,26). The molecule has 2 heterocycles. The van der Waals surface area contributed by atoms with Crippen molar-refractivity contribution in [2.45, 2.75) is 6.54 Å². The molecule has 8 heteroatoms. The van der Waals surface area contributed by atoms with Crippen LogP contribution in [0.5, 0.6) is 11.5 Å². The van der Waals surface area contributed by atoms with E-state index < -0.39 is 0 Å². The summed E-state index contributed by atoms with van der Waals surface area (Å²) >= 11 is 0. The molecular formula is C23H25FN4O3. The molecular weight excluding hydrogens is 399 g/mol. The average molecular weight is 424 g/mol. The van der Waals surface area contributed by atoms with Crippen molar-refractivity contribution in [1.29, 1.82) is 0 Å². The van der Waals surface area contributed by atoms with Crippen LogP contribution in [0, 0.1) is 5.82 Å². The third-order valence-corrected chi connectivity index (χ3v) is 5.46. The molecule has 0 saturated carbocycles. The van der Waals surface area contributed by atoms with Gasteiger partial charge in [0.25, 0.3) is 5.91 Å². The van der Waals surface area contributed by atoms with Crippen molar-refractivity contribution < 1.29 is 18.7 Å². The Bertz CT molecular complexity index is 1060. The minimum absolute atomic E-state index is 0.0724. The van der Waals surface area contributed by atoms with Crippen LogP contribution >= 0.6 is 0 Å². The molecule has 0 spiro atoms. The first-order valence-corrected chi connectivity index (χ1v) is 10.1. The van der Waals surface area contributed by atoms with Crippen LogP contribution in [0.15, 0.2) is 48.5 Å². The molecule has 1 aliphatic heterocycles. The maximum atomic E-state index is 13.9. The highest BCUT2D eigenvalue weighted by Crippen LogP contribution is 2.23. The lowest BCUT2D eigenvalue weighted by Gasteiger charge is -2.34. The second-order valence-corrected chi connectivity index (χ2v) is 7.44. The van der Waals surface area contributed by atoms with Gasteiger partial charge in [-0.15, -0.1) is 0 Å².